The van der Waals surface area contributed by atoms with Gasteiger partial charge in [0.05, 0.1) is 6.42 Å². The van der Waals surface area contributed by atoms with E-state index in [-0.39, 0.29) is 22.5 Å². The van der Waals surface area contributed by atoms with Crippen LogP contribution in [-0.4, -0.2) is 30.6 Å². The predicted octanol–water partition coefficient (Wildman–Crippen LogP) is 2.26. The molecular formula is C9H9N3O4S2. The highest BCUT2D eigenvalue weighted by molar-refractivity contribution is 8.00. The van der Waals surface area contributed by atoms with Crippen molar-refractivity contribution in [3.63, 3.8) is 0 Å². The second-order valence-corrected chi connectivity index (χ2v) is 5.88. The number of fused-ring (bicyclic) bond motifs is 1. The lowest BCUT2D eigenvalue weighted by Gasteiger charge is -2.05. The molecule has 0 fully saturated rings. The molecule has 0 saturated heterocycles. The van der Waals surface area contributed by atoms with Crippen molar-refractivity contribution in [2.24, 2.45) is 0 Å². The zero-order valence-electron chi connectivity index (χ0n) is 9.27. The number of aliphatic carboxylic acids is 1. The number of imidazole rings is 1. The van der Waals surface area contributed by atoms with E-state index in [0.29, 0.717) is 4.96 Å². The number of carboxylic acids is 1. The Bertz CT molecular complexity index is 606. The minimum Gasteiger partial charge on any atom is -0.481 e. The van der Waals surface area contributed by atoms with Gasteiger partial charge in [0.15, 0.2) is 5.03 Å². The fourth-order valence-corrected chi connectivity index (χ4v) is 3.27. The summed E-state index contributed by atoms with van der Waals surface area (Å²) in [6.45, 7) is 1.70. The van der Waals surface area contributed by atoms with Crippen LogP contribution in [0.1, 0.15) is 13.3 Å². The molecule has 0 spiro atoms. The molecular weight excluding hydrogens is 278 g/mol. The highest BCUT2D eigenvalue weighted by atomic mass is 32.2. The van der Waals surface area contributed by atoms with E-state index in [1.807, 2.05) is 0 Å². The molecule has 9 heteroatoms. The van der Waals surface area contributed by atoms with Crippen LogP contribution in [0.4, 0.5) is 5.82 Å². The minimum atomic E-state index is -0.932. The predicted molar refractivity (Wildman–Crippen MR) is 67.3 cm³/mol. The second-order valence-electron chi connectivity index (χ2n) is 3.58. The fraction of sp³-hybridized carbons (Fsp3) is 0.333. The number of thiazole rings is 1. The van der Waals surface area contributed by atoms with Gasteiger partial charge in [0.25, 0.3) is 4.96 Å². The molecule has 0 aromatic carbocycles. The van der Waals surface area contributed by atoms with Gasteiger partial charge >= 0.3 is 11.8 Å². The largest absolute Gasteiger partial charge is 0.481 e. The van der Waals surface area contributed by atoms with Crippen molar-refractivity contribution in [2.45, 2.75) is 23.6 Å². The van der Waals surface area contributed by atoms with Gasteiger partial charge in [0.1, 0.15) is 6.20 Å². The van der Waals surface area contributed by atoms with Gasteiger partial charge in [-0.25, -0.2) is 0 Å². The number of aromatic nitrogens is 2. The van der Waals surface area contributed by atoms with Crippen molar-refractivity contribution >= 4 is 39.8 Å². The number of hydrogen-bond acceptors (Lipinski definition) is 6. The first kappa shape index (κ1) is 12.8. The van der Waals surface area contributed by atoms with Crippen LogP contribution < -0.4 is 0 Å². The Balaban J connectivity index is 2.32. The molecule has 0 bridgehead atoms. The van der Waals surface area contributed by atoms with Crippen molar-refractivity contribution in [3.05, 3.63) is 21.7 Å². The van der Waals surface area contributed by atoms with Gasteiger partial charge in [0.2, 0.25) is 0 Å². The molecule has 1 unspecified atom stereocenters. The standard InChI is InChI=1S/C9H9N3O4S2/c1-5(4-6(13)14)18-7-8(12(15)16)11-2-3-17-9(11)10-7/h2-3,5H,4H2,1H3,(H,13,14). The highest BCUT2D eigenvalue weighted by Gasteiger charge is 2.25. The monoisotopic (exact) mass is 287 g/mol. The molecule has 0 aliphatic rings. The summed E-state index contributed by atoms with van der Waals surface area (Å²) in [5.41, 5.74) is 0. The van der Waals surface area contributed by atoms with Crippen LogP contribution in [0, 0.1) is 10.1 Å². The summed E-state index contributed by atoms with van der Waals surface area (Å²) >= 11 is 2.41. The lowest BCUT2D eigenvalue weighted by atomic mass is 10.3. The number of nitro groups is 1. The first-order valence-corrected chi connectivity index (χ1v) is 6.73. The van der Waals surface area contributed by atoms with Crippen LogP contribution >= 0.6 is 23.1 Å². The molecule has 2 heterocycles. The summed E-state index contributed by atoms with van der Waals surface area (Å²) in [6, 6.07) is 0. The third-order valence-corrected chi connectivity index (χ3v) is 3.98. The van der Waals surface area contributed by atoms with E-state index in [0.717, 1.165) is 11.8 Å². The molecule has 0 aliphatic heterocycles. The third kappa shape index (κ3) is 2.46. The molecule has 1 N–H and O–H groups in total. The summed E-state index contributed by atoms with van der Waals surface area (Å²) in [5.74, 6) is -1.04. The average Bonchev–Trinajstić information content (AvgIpc) is 2.74. The number of rotatable bonds is 5. The Hall–Kier alpha value is -1.61. The number of hydrogen-bond donors (Lipinski definition) is 1. The lowest BCUT2D eigenvalue weighted by molar-refractivity contribution is -0.393. The maximum atomic E-state index is 11.0. The summed E-state index contributed by atoms with van der Waals surface area (Å²) in [4.78, 5) is 25.8. The van der Waals surface area contributed by atoms with E-state index in [4.69, 9.17) is 5.11 Å². The van der Waals surface area contributed by atoms with E-state index in [1.165, 1.54) is 15.7 Å². The Morgan fingerprint density at radius 1 is 1.78 bits per heavy atom. The van der Waals surface area contributed by atoms with Gasteiger partial charge in [-0.2, -0.15) is 9.38 Å². The van der Waals surface area contributed by atoms with Gasteiger partial charge in [-0.15, -0.1) is 0 Å². The van der Waals surface area contributed by atoms with Crippen molar-refractivity contribution in [1.29, 1.82) is 0 Å². The number of carbonyl (C=O) groups is 1. The summed E-state index contributed by atoms with van der Waals surface area (Å²) < 4.78 is 1.40. The van der Waals surface area contributed by atoms with E-state index in [2.05, 4.69) is 4.98 Å². The van der Waals surface area contributed by atoms with E-state index in [1.54, 1.807) is 18.5 Å². The summed E-state index contributed by atoms with van der Waals surface area (Å²) in [6.07, 6.45) is 1.52. The molecule has 2 aromatic heterocycles. The van der Waals surface area contributed by atoms with Crippen molar-refractivity contribution in [2.75, 3.05) is 0 Å². The molecule has 7 nitrogen and oxygen atoms in total. The van der Waals surface area contributed by atoms with E-state index >= 15 is 0 Å². The minimum absolute atomic E-state index is 0.0625. The first-order valence-electron chi connectivity index (χ1n) is 4.97. The molecule has 2 aromatic rings. The lowest BCUT2D eigenvalue weighted by Crippen LogP contribution is -2.06. The highest BCUT2D eigenvalue weighted by Crippen LogP contribution is 2.34. The zero-order valence-corrected chi connectivity index (χ0v) is 10.9. The normalized spacial score (nSPS) is 12.7. The Morgan fingerprint density at radius 3 is 3.11 bits per heavy atom. The number of nitrogens with zero attached hydrogens (tertiary/aromatic N) is 3. The van der Waals surface area contributed by atoms with Gasteiger partial charge in [0, 0.05) is 10.6 Å². The van der Waals surface area contributed by atoms with Gasteiger partial charge in [-0.1, -0.05) is 30.0 Å². The molecule has 0 amide bonds. The third-order valence-electron chi connectivity index (χ3n) is 2.15. The van der Waals surface area contributed by atoms with Crippen LogP contribution in [0.3, 0.4) is 0 Å². The Kier molecular flexibility index (Phi) is 3.53. The van der Waals surface area contributed by atoms with Gasteiger partial charge in [-0.3, -0.25) is 4.79 Å². The smallest absolute Gasteiger partial charge is 0.362 e. The molecule has 2 rings (SSSR count). The van der Waals surface area contributed by atoms with E-state index < -0.39 is 10.9 Å². The second kappa shape index (κ2) is 4.94. The maximum absolute atomic E-state index is 11.0. The van der Waals surface area contributed by atoms with Crippen molar-refractivity contribution < 1.29 is 14.8 Å². The van der Waals surface area contributed by atoms with Crippen LogP contribution in [-0.2, 0) is 4.79 Å². The van der Waals surface area contributed by atoms with Gasteiger partial charge < -0.3 is 15.2 Å². The molecule has 0 aliphatic carbocycles. The van der Waals surface area contributed by atoms with Crippen molar-refractivity contribution in [1.82, 2.24) is 9.38 Å². The Morgan fingerprint density at radius 2 is 2.50 bits per heavy atom. The van der Waals surface area contributed by atoms with Crippen LogP contribution in [0.2, 0.25) is 0 Å². The fourth-order valence-electron chi connectivity index (χ4n) is 1.48. The molecule has 0 radical (unpaired) electrons. The Labute approximate surface area is 110 Å². The zero-order chi connectivity index (χ0) is 13.3. The number of carboxylic acid groups (broad SMARTS) is 1. The first-order chi connectivity index (χ1) is 8.49. The van der Waals surface area contributed by atoms with E-state index in [9.17, 15) is 14.9 Å². The summed E-state index contributed by atoms with van der Waals surface area (Å²) in [5, 5.41) is 21.4. The molecule has 96 valence electrons. The maximum Gasteiger partial charge on any atom is 0.362 e. The summed E-state index contributed by atoms with van der Waals surface area (Å²) in [7, 11) is 0. The topological polar surface area (TPSA) is 97.7 Å². The van der Waals surface area contributed by atoms with Crippen molar-refractivity contribution in [3.8, 4) is 0 Å². The molecule has 18 heavy (non-hydrogen) atoms. The van der Waals surface area contributed by atoms with Crippen LogP contribution in [0.5, 0.6) is 0 Å². The SMILES string of the molecule is CC(CC(=O)O)Sc1nc2sccn2c1[N+](=O)[O-]. The average molecular weight is 287 g/mol. The molecule has 1 atom stereocenters. The van der Waals surface area contributed by atoms with Crippen LogP contribution in [0.25, 0.3) is 4.96 Å². The van der Waals surface area contributed by atoms with Gasteiger partial charge in [-0.05, 0) is 4.92 Å². The quantitative estimate of drug-likeness (QED) is 0.514. The molecule has 0 saturated carbocycles. The number of thioether (sulfide) groups is 1. The van der Waals surface area contributed by atoms with Crippen LogP contribution in [0.15, 0.2) is 16.6 Å².